The van der Waals surface area contributed by atoms with E-state index in [9.17, 15) is 4.79 Å². The summed E-state index contributed by atoms with van der Waals surface area (Å²) in [5.74, 6) is 0.932. The first-order valence-corrected chi connectivity index (χ1v) is 7.28. The van der Waals surface area contributed by atoms with Gasteiger partial charge in [0.1, 0.15) is 5.75 Å². The van der Waals surface area contributed by atoms with Crippen molar-refractivity contribution in [1.29, 1.82) is 0 Å². The highest BCUT2D eigenvalue weighted by Crippen LogP contribution is 2.25. The molecule has 0 unspecified atom stereocenters. The molecule has 1 amide bonds. The number of hydrogen-bond donors (Lipinski definition) is 2. The monoisotopic (exact) mass is 278 g/mol. The Morgan fingerprint density at radius 1 is 1.15 bits per heavy atom. The Morgan fingerprint density at radius 3 is 2.35 bits per heavy atom. The van der Waals surface area contributed by atoms with Crippen molar-refractivity contribution in [2.45, 2.75) is 40.7 Å². The lowest BCUT2D eigenvalue weighted by Gasteiger charge is -2.14. The van der Waals surface area contributed by atoms with Crippen LogP contribution >= 0.6 is 0 Å². The molecule has 0 aliphatic heterocycles. The molecular formula is C16H26N2O2. The molecule has 4 nitrogen and oxygen atoms in total. The van der Waals surface area contributed by atoms with E-state index in [1.165, 1.54) is 5.56 Å². The van der Waals surface area contributed by atoms with Gasteiger partial charge in [-0.15, -0.1) is 0 Å². The standard InChI is InChI=1S/C16H26N2O2/c1-5-17-11-14-9-12(3)16(13(4)10-14)20-8-7-15(19)18-6-2/h9-10,17H,5-8,11H2,1-4H3,(H,18,19). The van der Waals surface area contributed by atoms with Gasteiger partial charge in [0.15, 0.2) is 0 Å². The molecule has 0 aliphatic rings. The van der Waals surface area contributed by atoms with Crippen molar-refractivity contribution in [3.8, 4) is 5.75 Å². The lowest BCUT2D eigenvalue weighted by molar-refractivity contribution is -0.121. The number of rotatable bonds is 8. The van der Waals surface area contributed by atoms with Gasteiger partial charge in [-0.05, 0) is 44.0 Å². The lowest BCUT2D eigenvalue weighted by Crippen LogP contribution is -2.24. The number of carbonyl (C=O) groups excluding carboxylic acids is 1. The number of carbonyl (C=O) groups is 1. The van der Waals surface area contributed by atoms with Crippen LogP contribution in [-0.4, -0.2) is 25.6 Å². The number of hydrogen-bond acceptors (Lipinski definition) is 3. The smallest absolute Gasteiger partial charge is 0.223 e. The summed E-state index contributed by atoms with van der Waals surface area (Å²) in [4.78, 5) is 11.4. The van der Waals surface area contributed by atoms with E-state index in [0.29, 0.717) is 19.6 Å². The van der Waals surface area contributed by atoms with Crippen LogP contribution in [0.5, 0.6) is 5.75 Å². The average Bonchev–Trinajstić information content (AvgIpc) is 2.40. The van der Waals surface area contributed by atoms with Crippen molar-refractivity contribution >= 4 is 5.91 Å². The SMILES string of the molecule is CCNCc1cc(C)c(OCCC(=O)NCC)c(C)c1. The third-order valence-electron chi connectivity index (χ3n) is 3.05. The predicted octanol–water partition coefficient (Wildman–Crippen LogP) is 2.32. The normalized spacial score (nSPS) is 10.4. The Morgan fingerprint density at radius 2 is 1.80 bits per heavy atom. The van der Waals surface area contributed by atoms with Crippen molar-refractivity contribution in [3.05, 3.63) is 28.8 Å². The summed E-state index contributed by atoms with van der Waals surface area (Å²) in [6.07, 6.45) is 0.395. The first kappa shape index (κ1) is 16.5. The fraction of sp³-hybridized carbons (Fsp3) is 0.562. The maximum atomic E-state index is 11.4. The van der Waals surface area contributed by atoms with Crippen LogP contribution in [0.3, 0.4) is 0 Å². The van der Waals surface area contributed by atoms with Crippen LogP contribution in [0.2, 0.25) is 0 Å². The fourth-order valence-corrected chi connectivity index (χ4v) is 2.17. The zero-order valence-corrected chi connectivity index (χ0v) is 13.0. The van der Waals surface area contributed by atoms with Gasteiger partial charge in [0, 0.05) is 13.1 Å². The number of aryl methyl sites for hydroxylation is 2. The molecule has 1 rings (SSSR count). The predicted molar refractivity (Wildman–Crippen MR) is 82.1 cm³/mol. The van der Waals surface area contributed by atoms with Gasteiger partial charge in [-0.3, -0.25) is 4.79 Å². The van der Waals surface area contributed by atoms with Gasteiger partial charge in [0.2, 0.25) is 5.91 Å². The summed E-state index contributed by atoms with van der Waals surface area (Å²) in [5.41, 5.74) is 3.50. The molecule has 0 radical (unpaired) electrons. The van der Waals surface area contributed by atoms with Crippen LogP contribution in [0.25, 0.3) is 0 Å². The van der Waals surface area contributed by atoms with Gasteiger partial charge >= 0.3 is 0 Å². The van der Waals surface area contributed by atoms with E-state index in [2.05, 4.69) is 29.7 Å². The number of benzene rings is 1. The highest BCUT2D eigenvalue weighted by atomic mass is 16.5. The summed E-state index contributed by atoms with van der Waals surface area (Å²) in [6, 6.07) is 4.27. The van der Waals surface area contributed by atoms with Gasteiger partial charge in [-0.25, -0.2) is 0 Å². The zero-order valence-electron chi connectivity index (χ0n) is 13.0. The third-order valence-corrected chi connectivity index (χ3v) is 3.05. The molecule has 4 heteroatoms. The van der Waals surface area contributed by atoms with Crippen LogP contribution in [0.1, 0.15) is 37.0 Å². The summed E-state index contributed by atoms with van der Waals surface area (Å²) >= 11 is 0. The molecule has 2 N–H and O–H groups in total. The Labute approximate surface area is 121 Å². The van der Waals surface area contributed by atoms with Crippen molar-refractivity contribution < 1.29 is 9.53 Å². The average molecular weight is 278 g/mol. The van der Waals surface area contributed by atoms with Gasteiger partial charge in [0.25, 0.3) is 0 Å². The molecule has 0 bridgehead atoms. The molecule has 112 valence electrons. The second-order valence-corrected chi connectivity index (χ2v) is 4.89. The molecule has 0 saturated carbocycles. The van der Waals surface area contributed by atoms with E-state index in [0.717, 1.165) is 30.0 Å². The Bertz CT molecular complexity index is 421. The zero-order chi connectivity index (χ0) is 15.0. The Kier molecular flexibility index (Phi) is 7.09. The summed E-state index contributed by atoms with van der Waals surface area (Å²) in [7, 11) is 0. The topological polar surface area (TPSA) is 50.4 Å². The first-order valence-electron chi connectivity index (χ1n) is 7.28. The quantitative estimate of drug-likeness (QED) is 0.767. The maximum Gasteiger partial charge on any atom is 0.223 e. The van der Waals surface area contributed by atoms with Crippen molar-refractivity contribution in [3.63, 3.8) is 0 Å². The minimum atomic E-state index is 0.0339. The molecule has 0 saturated heterocycles. The van der Waals surface area contributed by atoms with Crippen LogP contribution in [0.4, 0.5) is 0 Å². The van der Waals surface area contributed by atoms with Crippen molar-refractivity contribution in [1.82, 2.24) is 10.6 Å². The molecule has 0 aliphatic carbocycles. The third kappa shape index (κ3) is 5.21. The number of nitrogens with one attached hydrogen (secondary N) is 2. The molecule has 20 heavy (non-hydrogen) atoms. The van der Waals surface area contributed by atoms with E-state index in [1.54, 1.807) is 0 Å². The summed E-state index contributed by atoms with van der Waals surface area (Å²) in [6.45, 7) is 11.0. The summed E-state index contributed by atoms with van der Waals surface area (Å²) < 4.78 is 5.76. The largest absolute Gasteiger partial charge is 0.493 e. The maximum absolute atomic E-state index is 11.4. The lowest BCUT2D eigenvalue weighted by atomic mass is 10.1. The minimum Gasteiger partial charge on any atom is -0.493 e. The Balaban J connectivity index is 2.59. The van der Waals surface area contributed by atoms with E-state index < -0.39 is 0 Å². The molecule has 0 spiro atoms. The molecule has 0 atom stereocenters. The summed E-state index contributed by atoms with van der Waals surface area (Å²) in [5, 5.41) is 6.08. The van der Waals surface area contributed by atoms with Crippen LogP contribution in [0, 0.1) is 13.8 Å². The first-order chi connectivity index (χ1) is 9.58. The van der Waals surface area contributed by atoms with Crippen LogP contribution in [-0.2, 0) is 11.3 Å². The van der Waals surface area contributed by atoms with Gasteiger partial charge in [0.05, 0.1) is 13.0 Å². The van der Waals surface area contributed by atoms with E-state index in [-0.39, 0.29) is 5.91 Å². The minimum absolute atomic E-state index is 0.0339. The van der Waals surface area contributed by atoms with Crippen LogP contribution in [0.15, 0.2) is 12.1 Å². The van der Waals surface area contributed by atoms with Gasteiger partial charge < -0.3 is 15.4 Å². The number of ether oxygens (including phenoxy) is 1. The van der Waals surface area contributed by atoms with E-state index >= 15 is 0 Å². The van der Waals surface area contributed by atoms with Gasteiger partial charge in [-0.1, -0.05) is 19.1 Å². The molecule has 1 aromatic carbocycles. The van der Waals surface area contributed by atoms with E-state index in [1.807, 2.05) is 20.8 Å². The molecule has 0 aromatic heterocycles. The fourth-order valence-electron chi connectivity index (χ4n) is 2.17. The Hall–Kier alpha value is -1.55. The number of amides is 1. The van der Waals surface area contributed by atoms with Crippen molar-refractivity contribution in [2.75, 3.05) is 19.7 Å². The van der Waals surface area contributed by atoms with Crippen LogP contribution < -0.4 is 15.4 Å². The second kappa shape index (κ2) is 8.59. The highest BCUT2D eigenvalue weighted by Gasteiger charge is 2.07. The van der Waals surface area contributed by atoms with E-state index in [4.69, 9.17) is 4.74 Å². The second-order valence-electron chi connectivity index (χ2n) is 4.89. The van der Waals surface area contributed by atoms with Crippen molar-refractivity contribution in [2.24, 2.45) is 0 Å². The molecule has 1 aromatic rings. The molecular weight excluding hydrogens is 252 g/mol. The molecule has 0 fully saturated rings. The molecule has 0 heterocycles. The highest BCUT2D eigenvalue weighted by molar-refractivity contribution is 5.75. The van der Waals surface area contributed by atoms with Gasteiger partial charge in [-0.2, -0.15) is 0 Å².